The molecule has 0 rings (SSSR count). The van der Waals surface area contributed by atoms with Crippen LogP contribution in [-0.4, -0.2) is 11.1 Å². The monoisotopic (exact) mass is 598 g/mol. The maximum Gasteiger partial charge on any atom is 0.303 e. The average Bonchev–Trinajstić information content (AvgIpc) is 3.02. The first-order chi connectivity index (χ1) is 21.8. The minimum absolute atomic E-state index is 0.308. The molecule has 44 heavy (non-hydrogen) atoms. The summed E-state index contributed by atoms with van der Waals surface area (Å²) in [5.74, 6) is -0.680. The summed E-state index contributed by atoms with van der Waals surface area (Å²) in [6.45, 7) is 2.16. The number of aliphatic carboxylic acids is 1. The van der Waals surface area contributed by atoms with Gasteiger partial charge >= 0.3 is 5.97 Å². The molecule has 0 aliphatic carbocycles. The van der Waals surface area contributed by atoms with E-state index in [4.69, 9.17) is 5.11 Å². The van der Waals surface area contributed by atoms with Gasteiger partial charge in [0.25, 0.3) is 0 Å². The van der Waals surface area contributed by atoms with Crippen LogP contribution in [0.4, 0.5) is 0 Å². The molecular weight excluding hydrogens is 536 g/mol. The van der Waals surface area contributed by atoms with Crippen LogP contribution in [0.25, 0.3) is 0 Å². The standard InChI is InChI=1S/C42H62O2/c1-2-3-4-5-6-7-8-9-10-11-12-13-14-15-16-17-18-19-20-21-22-23-24-25-26-27-28-29-30-31-32-33-34-35-36-37-38-39-40-41-42(43)44/h3-4,6-7,9-10,12-13,15-16,18-19,21-22,24-25,27-28,30-31,33-34H,2,5,8,11,14,17,20,23,26,29,32,35-41H2,1H3,(H,43,44)/b4-3-,7-6-,10-9-,13-12-,16-15-,19-18-,22-21-,25-24-,28-27-,31-30-,34-33-. The molecule has 0 fully saturated rings. The molecule has 0 aromatic rings. The van der Waals surface area contributed by atoms with Gasteiger partial charge in [0.15, 0.2) is 0 Å². The highest BCUT2D eigenvalue weighted by atomic mass is 16.4. The van der Waals surface area contributed by atoms with E-state index < -0.39 is 5.97 Å². The molecule has 0 saturated carbocycles. The van der Waals surface area contributed by atoms with Crippen LogP contribution in [0.1, 0.15) is 122 Å². The number of carboxylic acids is 1. The van der Waals surface area contributed by atoms with E-state index in [1.54, 1.807) is 0 Å². The van der Waals surface area contributed by atoms with E-state index in [9.17, 15) is 4.79 Å². The predicted molar refractivity (Wildman–Crippen MR) is 197 cm³/mol. The molecule has 1 N–H and O–H groups in total. The zero-order valence-electron chi connectivity index (χ0n) is 27.8. The molecule has 242 valence electrons. The Kier molecular flexibility index (Phi) is 34.7. The lowest BCUT2D eigenvalue weighted by molar-refractivity contribution is -0.137. The Bertz CT molecular complexity index is 960. The normalized spacial score (nSPS) is 13.5. The fourth-order valence-electron chi connectivity index (χ4n) is 4.06. The molecule has 0 unspecified atom stereocenters. The molecule has 0 aromatic heterocycles. The zero-order valence-corrected chi connectivity index (χ0v) is 27.8. The molecule has 0 saturated heterocycles. The van der Waals surface area contributed by atoms with Gasteiger partial charge < -0.3 is 5.11 Å². The first-order valence-electron chi connectivity index (χ1n) is 17.1. The van der Waals surface area contributed by atoms with Crippen molar-refractivity contribution < 1.29 is 9.90 Å². The van der Waals surface area contributed by atoms with E-state index in [1.165, 1.54) is 12.8 Å². The molecule has 2 heteroatoms. The van der Waals surface area contributed by atoms with E-state index in [0.717, 1.165) is 96.3 Å². The smallest absolute Gasteiger partial charge is 0.303 e. The van der Waals surface area contributed by atoms with Gasteiger partial charge in [-0.2, -0.15) is 0 Å². The molecule has 0 atom stereocenters. The summed E-state index contributed by atoms with van der Waals surface area (Å²) in [6.07, 6.45) is 67.1. The highest BCUT2D eigenvalue weighted by molar-refractivity contribution is 5.66. The van der Waals surface area contributed by atoms with Crippen LogP contribution in [0.2, 0.25) is 0 Å². The van der Waals surface area contributed by atoms with Gasteiger partial charge in [0, 0.05) is 6.42 Å². The molecule has 2 nitrogen and oxygen atoms in total. The summed E-state index contributed by atoms with van der Waals surface area (Å²) in [5, 5.41) is 8.62. The number of unbranched alkanes of at least 4 members (excludes halogenated alkanes) is 5. The number of hydrogen-bond donors (Lipinski definition) is 1. The van der Waals surface area contributed by atoms with E-state index in [-0.39, 0.29) is 0 Å². The highest BCUT2D eigenvalue weighted by Gasteiger charge is 1.95. The van der Waals surface area contributed by atoms with Crippen molar-refractivity contribution in [3.05, 3.63) is 134 Å². The van der Waals surface area contributed by atoms with Crippen LogP contribution >= 0.6 is 0 Å². The summed E-state index contributed by atoms with van der Waals surface area (Å²) in [7, 11) is 0. The second kappa shape index (κ2) is 37.6. The zero-order chi connectivity index (χ0) is 31.9. The van der Waals surface area contributed by atoms with Gasteiger partial charge in [-0.15, -0.1) is 0 Å². The fraction of sp³-hybridized carbons (Fsp3) is 0.452. The number of rotatable bonds is 29. The van der Waals surface area contributed by atoms with Crippen LogP contribution in [0.15, 0.2) is 134 Å². The van der Waals surface area contributed by atoms with Crippen LogP contribution in [0, 0.1) is 0 Å². The van der Waals surface area contributed by atoms with Crippen molar-refractivity contribution in [3.63, 3.8) is 0 Å². The quantitative estimate of drug-likeness (QED) is 0.0687. The van der Waals surface area contributed by atoms with Gasteiger partial charge in [0.1, 0.15) is 0 Å². The van der Waals surface area contributed by atoms with Crippen molar-refractivity contribution in [1.29, 1.82) is 0 Å². The third-order valence-corrected chi connectivity index (χ3v) is 6.55. The first kappa shape index (κ1) is 40.6. The molecule has 0 amide bonds. The third kappa shape index (κ3) is 38.6. The lowest BCUT2D eigenvalue weighted by Crippen LogP contribution is -1.93. The Morgan fingerprint density at radius 2 is 0.614 bits per heavy atom. The fourth-order valence-corrected chi connectivity index (χ4v) is 4.06. The van der Waals surface area contributed by atoms with Gasteiger partial charge in [-0.05, 0) is 89.9 Å². The van der Waals surface area contributed by atoms with E-state index in [0.29, 0.717) is 6.42 Å². The van der Waals surface area contributed by atoms with Crippen LogP contribution in [0.5, 0.6) is 0 Å². The van der Waals surface area contributed by atoms with Crippen molar-refractivity contribution in [3.8, 4) is 0 Å². The van der Waals surface area contributed by atoms with Crippen molar-refractivity contribution in [2.45, 2.75) is 122 Å². The Morgan fingerprint density at radius 1 is 0.364 bits per heavy atom. The topological polar surface area (TPSA) is 37.3 Å². The molecular formula is C42H62O2. The van der Waals surface area contributed by atoms with Crippen molar-refractivity contribution in [2.24, 2.45) is 0 Å². The van der Waals surface area contributed by atoms with E-state index in [2.05, 4.69) is 141 Å². The number of carboxylic acid groups (broad SMARTS) is 1. The Morgan fingerprint density at radius 3 is 0.909 bits per heavy atom. The molecule has 0 aliphatic rings. The second-order valence-corrected chi connectivity index (χ2v) is 10.7. The SMILES string of the molecule is CC/C=C\C/C=C\C/C=C\C/C=C\C/C=C\C/C=C\C/C=C\C/C=C\C/C=C\C/C=C\C/C=C\CCCCCCCC(=O)O. The lowest BCUT2D eigenvalue weighted by atomic mass is 10.1. The van der Waals surface area contributed by atoms with Crippen LogP contribution in [-0.2, 0) is 4.79 Å². The molecule has 0 aromatic carbocycles. The summed E-state index contributed by atoms with van der Waals surface area (Å²) >= 11 is 0. The minimum atomic E-state index is -0.680. The first-order valence-corrected chi connectivity index (χ1v) is 17.1. The molecule has 0 radical (unpaired) electrons. The Balaban J connectivity index is 3.57. The van der Waals surface area contributed by atoms with Gasteiger partial charge in [-0.3, -0.25) is 4.79 Å². The van der Waals surface area contributed by atoms with Crippen molar-refractivity contribution >= 4 is 5.97 Å². The Labute approximate surface area is 271 Å². The van der Waals surface area contributed by atoms with E-state index >= 15 is 0 Å². The summed E-state index contributed by atoms with van der Waals surface area (Å²) in [6, 6.07) is 0. The third-order valence-electron chi connectivity index (χ3n) is 6.55. The van der Waals surface area contributed by atoms with Gasteiger partial charge in [0.2, 0.25) is 0 Å². The average molecular weight is 599 g/mol. The summed E-state index contributed by atoms with van der Waals surface area (Å²) < 4.78 is 0. The maximum atomic E-state index is 10.5. The molecule has 0 aliphatic heterocycles. The maximum absolute atomic E-state index is 10.5. The predicted octanol–water partition coefficient (Wildman–Crippen LogP) is 13.2. The highest BCUT2D eigenvalue weighted by Crippen LogP contribution is 2.08. The molecule has 0 bridgehead atoms. The largest absolute Gasteiger partial charge is 0.481 e. The number of hydrogen-bond acceptors (Lipinski definition) is 1. The van der Waals surface area contributed by atoms with E-state index in [1.807, 2.05) is 0 Å². The lowest BCUT2D eigenvalue weighted by Gasteiger charge is -1.98. The minimum Gasteiger partial charge on any atom is -0.481 e. The Hall–Kier alpha value is -3.39. The van der Waals surface area contributed by atoms with Gasteiger partial charge in [-0.25, -0.2) is 0 Å². The second-order valence-electron chi connectivity index (χ2n) is 10.7. The van der Waals surface area contributed by atoms with Crippen LogP contribution in [0.3, 0.4) is 0 Å². The summed E-state index contributed by atoms with van der Waals surface area (Å²) in [5.41, 5.74) is 0. The van der Waals surface area contributed by atoms with Gasteiger partial charge in [-0.1, -0.05) is 160 Å². The van der Waals surface area contributed by atoms with Crippen molar-refractivity contribution in [2.75, 3.05) is 0 Å². The van der Waals surface area contributed by atoms with Crippen molar-refractivity contribution in [1.82, 2.24) is 0 Å². The number of carbonyl (C=O) groups is 1. The molecule has 0 spiro atoms. The summed E-state index contributed by atoms with van der Waals surface area (Å²) in [4.78, 5) is 10.5. The molecule has 0 heterocycles. The number of allylic oxidation sites excluding steroid dienone is 22. The van der Waals surface area contributed by atoms with Crippen LogP contribution < -0.4 is 0 Å². The van der Waals surface area contributed by atoms with Gasteiger partial charge in [0.05, 0.1) is 0 Å².